The number of thiocarbonyl (C=S) groups is 1. The van der Waals surface area contributed by atoms with Crippen LogP contribution in [0.1, 0.15) is 18.4 Å². The molecule has 0 aromatic heterocycles. The van der Waals surface area contributed by atoms with E-state index in [0.717, 1.165) is 17.8 Å². The van der Waals surface area contributed by atoms with Crippen molar-refractivity contribution in [2.24, 2.45) is 5.73 Å². The minimum Gasteiger partial charge on any atom is -0.389 e. The number of hydrogen-bond acceptors (Lipinski definition) is 3. The highest BCUT2D eigenvalue weighted by atomic mass is 32.1. The fourth-order valence-corrected chi connectivity index (χ4v) is 2.36. The van der Waals surface area contributed by atoms with Crippen LogP contribution in [0.25, 0.3) is 0 Å². The van der Waals surface area contributed by atoms with E-state index in [-0.39, 0.29) is 0 Å². The molecular formula is C13H19N3S. The van der Waals surface area contributed by atoms with E-state index >= 15 is 0 Å². The highest BCUT2D eigenvalue weighted by molar-refractivity contribution is 7.80. The second kappa shape index (κ2) is 5.47. The smallest absolute Gasteiger partial charge is 0.103 e. The van der Waals surface area contributed by atoms with Gasteiger partial charge in [-0.25, -0.2) is 0 Å². The highest BCUT2D eigenvalue weighted by Gasteiger charge is 2.19. The zero-order valence-electron chi connectivity index (χ0n) is 10.1. The Morgan fingerprint density at radius 3 is 2.71 bits per heavy atom. The van der Waals surface area contributed by atoms with E-state index in [1.54, 1.807) is 0 Å². The number of benzene rings is 1. The minimum atomic E-state index is 0.451. The molecule has 17 heavy (non-hydrogen) atoms. The van der Waals surface area contributed by atoms with E-state index in [9.17, 15) is 0 Å². The molecule has 0 amide bonds. The van der Waals surface area contributed by atoms with Crippen LogP contribution in [0.3, 0.4) is 0 Å². The molecule has 0 saturated carbocycles. The number of likely N-dealkylation sites (tertiary alicyclic amines) is 1. The summed E-state index contributed by atoms with van der Waals surface area (Å²) < 4.78 is 0. The first kappa shape index (κ1) is 12.3. The lowest BCUT2D eigenvalue weighted by Gasteiger charge is -2.20. The van der Waals surface area contributed by atoms with Crippen molar-refractivity contribution in [1.82, 2.24) is 4.90 Å². The van der Waals surface area contributed by atoms with E-state index in [0.29, 0.717) is 11.0 Å². The Bertz CT molecular complexity index is 388. The molecule has 2 rings (SSSR count). The zero-order valence-corrected chi connectivity index (χ0v) is 11.0. The molecule has 1 unspecified atom stereocenters. The molecule has 1 saturated heterocycles. The number of anilines is 1. The van der Waals surface area contributed by atoms with E-state index in [1.165, 1.54) is 19.4 Å². The fourth-order valence-electron chi connectivity index (χ4n) is 2.23. The van der Waals surface area contributed by atoms with Crippen LogP contribution in [0.5, 0.6) is 0 Å². The predicted octanol–water partition coefficient (Wildman–Crippen LogP) is 1.83. The van der Waals surface area contributed by atoms with Crippen LogP contribution < -0.4 is 11.1 Å². The summed E-state index contributed by atoms with van der Waals surface area (Å²) in [4.78, 5) is 2.86. The Labute approximate surface area is 108 Å². The van der Waals surface area contributed by atoms with Gasteiger partial charge in [0.25, 0.3) is 0 Å². The number of rotatable bonds is 4. The van der Waals surface area contributed by atoms with Gasteiger partial charge in [-0.2, -0.15) is 0 Å². The van der Waals surface area contributed by atoms with Crippen molar-refractivity contribution in [2.75, 3.05) is 25.5 Å². The van der Waals surface area contributed by atoms with Crippen molar-refractivity contribution < 1.29 is 0 Å². The predicted molar refractivity (Wildman–Crippen MR) is 76.5 cm³/mol. The average Bonchev–Trinajstić information content (AvgIpc) is 2.73. The quantitative estimate of drug-likeness (QED) is 0.799. The topological polar surface area (TPSA) is 41.3 Å². The second-order valence-electron chi connectivity index (χ2n) is 4.60. The van der Waals surface area contributed by atoms with Gasteiger partial charge in [-0.3, -0.25) is 0 Å². The first-order valence-corrected chi connectivity index (χ1v) is 6.41. The van der Waals surface area contributed by atoms with Gasteiger partial charge in [0.1, 0.15) is 4.99 Å². The molecule has 0 bridgehead atoms. The standard InChI is InChI=1S/C13H19N3S/c1-16-8-2-3-12(16)9-15-11-6-4-10(5-7-11)13(14)17/h4-7,12,15H,2-3,8-9H2,1H3,(H2,14,17). The molecule has 1 aromatic rings. The van der Waals surface area contributed by atoms with E-state index in [2.05, 4.69) is 17.3 Å². The van der Waals surface area contributed by atoms with Gasteiger partial charge in [0.15, 0.2) is 0 Å². The normalized spacial score (nSPS) is 20.4. The molecule has 1 aliphatic rings. The Hall–Kier alpha value is -1.13. The van der Waals surface area contributed by atoms with Crippen LogP contribution in [0.4, 0.5) is 5.69 Å². The fraction of sp³-hybridized carbons (Fsp3) is 0.462. The SMILES string of the molecule is CN1CCCC1CNc1ccc(C(N)=S)cc1. The lowest BCUT2D eigenvalue weighted by Crippen LogP contribution is -2.31. The van der Waals surface area contributed by atoms with Crippen LogP contribution in [0, 0.1) is 0 Å². The summed E-state index contributed by atoms with van der Waals surface area (Å²) in [5, 5.41) is 3.46. The molecule has 4 heteroatoms. The number of nitrogens with one attached hydrogen (secondary N) is 1. The number of nitrogens with zero attached hydrogens (tertiary/aromatic N) is 1. The van der Waals surface area contributed by atoms with Gasteiger partial charge in [-0.15, -0.1) is 0 Å². The molecular weight excluding hydrogens is 230 g/mol. The van der Waals surface area contributed by atoms with Crippen molar-refractivity contribution >= 4 is 22.9 Å². The Kier molecular flexibility index (Phi) is 3.97. The van der Waals surface area contributed by atoms with Crippen molar-refractivity contribution in [2.45, 2.75) is 18.9 Å². The molecule has 1 atom stereocenters. The Morgan fingerprint density at radius 2 is 2.18 bits per heavy atom. The second-order valence-corrected chi connectivity index (χ2v) is 5.04. The zero-order chi connectivity index (χ0) is 12.3. The maximum Gasteiger partial charge on any atom is 0.103 e. The van der Waals surface area contributed by atoms with E-state index in [4.69, 9.17) is 18.0 Å². The van der Waals surface area contributed by atoms with Crippen LogP contribution >= 0.6 is 12.2 Å². The van der Waals surface area contributed by atoms with Gasteiger partial charge in [0.05, 0.1) is 0 Å². The summed E-state index contributed by atoms with van der Waals surface area (Å²) in [5.74, 6) is 0. The number of nitrogens with two attached hydrogens (primary N) is 1. The largest absolute Gasteiger partial charge is 0.389 e. The highest BCUT2D eigenvalue weighted by Crippen LogP contribution is 2.16. The van der Waals surface area contributed by atoms with Crippen molar-refractivity contribution in [3.63, 3.8) is 0 Å². The monoisotopic (exact) mass is 249 g/mol. The molecule has 3 N–H and O–H groups in total. The molecule has 0 radical (unpaired) electrons. The summed E-state index contributed by atoms with van der Waals surface area (Å²) in [6, 6.07) is 8.64. The van der Waals surface area contributed by atoms with Crippen LogP contribution in [-0.2, 0) is 0 Å². The van der Waals surface area contributed by atoms with Crippen LogP contribution in [0.2, 0.25) is 0 Å². The lowest BCUT2D eigenvalue weighted by molar-refractivity contribution is 0.322. The van der Waals surface area contributed by atoms with Gasteiger partial charge in [0.2, 0.25) is 0 Å². The Balaban J connectivity index is 1.88. The van der Waals surface area contributed by atoms with E-state index in [1.807, 2.05) is 24.3 Å². The molecule has 1 heterocycles. The molecule has 3 nitrogen and oxygen atoms in total. The van der Waals surface area contributed by atoms with Gasteiger partial charge >= 0.3 is 0 Å². The molecule has 92 valence electrons. The molecule has 1 aliphatic heterocycles. The Morgan fingerprint density at radius 1 is 1.47 bits per heavy atom. The van der Waals surface area contributed by atoms with Gasteiger partial charge < -0.3 is 16.0 Å². The maximum atomic E-state index is 5.56. The first-order chi connectivity index (χ1) is 8.16. The van der Waals surface area contributed by atoms with Crippen LogP contribution in [0.15, 0.2) is 24.3 Å². The summed E-state index contributed by atoms with van der Waals surface area (Å²) >= 11 is 4.92. The summed E-state index contributed by atoms with van der Waals surface area (Å²) in [7, 11) is 2.19. The van der Waals surface area contributed by atoms with Gasteiger partial charge in [-0.05, 0) is 50.7 Å². The molecule has 0 aliphatic carbocycles. The van der Waals surface area contributed by atoms with Crippen molar-refractivity contribution in [1.29, 1.82) is 0 Å². The van der Waals surface area contributed by atoms with Gasteiger partial charge in [-0.1, -0.05) is 12.2 Å². The van der Waals surface area contributed by atoms with Crippen molar-refractivity contribution in [3.05, 3.63) is 29.8 Å². The first-order valence-electron chi connectivity index (χ1n) is 6.01. The summed E-state index contributed by atoms with van der Waals surface area (Å²) in [5.41, 5.74) is 7.61. The minimum absolute atomic E-state index is 0.451. The molecule has 1 fully saturated rings. The average molecular weight is 249 g/mol. The van der Waals surface area contributed by atoms with E-state index < -0.39 is 0 Å². The number of hydrogen-bond donors (Lipinski definition) is 2. The lowest BCUT2D eigenvalue weighted by atomic mass is 10.2. The third-order valence-corrected chi connectivity index (χ3v) is 3.62. The van der Waals surface area contributed by atoms with Crippen molar-refractivity contribution in [3.8, 4) is 0 Å². The third kappa shape index (κ3) is 3.17. The molecule has 1 aromatic carbocycles. The maximum absolute atomic E-state index is 5.56. The van der Waals surface area contributed by atoms with Gasteiger partial charge in [0, 0.05) is 23.8 Å². The summed E-state index contributed by atoms with van der Waals surface area (Å²) in [6.45, 7) is 2.22. The summed E-state index contributed by atoms with van der Waals surface area (Å²) in [6.07, 6.45) is 2.59. The number of likely N-dealkylation sites (N-methyl/N-ethyl adjacent to an activating group) is 1. The molecule has 0 spiro atoms. The third-order valence-electron chi connectivity index (χ3n) is 3.38. The van der Waals surface area contributed by atoms with Crippen LogP contribution in [-0.4, -0.2) is 36.1 Å².